The Morgan fingerprint density at radius 3 is 3.00 bits per heavy atom. The lowest BCUT2D eigenvalue weighted by molar-refractivity contribution is -0.119. The van der Waals surface area contributed by atoms with E-state index in [0.717, 1.165) is 43.9 Å². The van der Waals surface area contributed by atoms with Crippen LogP contribution < -0.4 is 15.0 Å². The van der Waals surface area contributed by atoms with E-state index in [1.165, 1.54) is 5.56 Å². The van der Waals surface area contributed by atoms with Crippen molar-refractivity contribution in [2.24, 2.45) is 5.92 Å². The van der Waals surface area contributed by atoms with Crippen molar-refractivity contribution in [2.75, 3.05) is 31.6 Å². The van der Waals surface area contributed by atoms with Crippen LogP contribution in [0.15, 0.2) is 18.2 Å². The van der Waals surface area contributed by atoms with Crippen molar-refractivity contribution in [3.63, 3.8) is 0 Å². The third kappa shape index (κ3) is 2.45. The normalized spacial score (nSPS) is 18.7. The summed E-state index contributed by atoms with van der Waals surface area (Å²) in [5.41, 5.74) is 2.30. The molecule has 1 fully saturated rings. The SMILES string of the molecule is COc1ccc2c(c1)CCCN2C(=O)CC1CNC1. The van der Waals surface area contributed by atoms with Gasteiger partial charge in [0.15, 0.2) is 0 Å². The highest BCUT2D eigenvalue weighted by Crippen LogP contribution is 2.31. The summed E-state index contributed by atoms with van der Waals surface area (Å²) >= 11 is 0. The number of hydrogen-bond donors (Lipinski definition) is 1. The van der Waals surface area contributed by atoms with Crippen LogP contribution in [-0.4, -0.2) is 32.7 Å². The van der Waals surface area contributed by atoms with Gasteiger partial charge < -0.3 is 15.0 Å². The van der Waals surface area contributed by atoms with Crippen LogP contribution in [0.4, 0.5) is 5.69 Å². The van der Waals surface area contributed by atoms with E-state index < -0.39 is 0 Å². The van der Waals surface area contributed by atoms with Gasteiger partial charge in [0.25, 0.3) is 0 Å². The zero-order valence-corrected chi connectivity index (χ0v) is 11.3. The van der Waals surface area contributed by atoms with Crippen LogP contribution in [0.3, 0.4) is 0 Å². The third-order valence-corrected chi connectivity index (χ3v) is 4.04. The number of methoxy groups -OCH3 is 1. The standard InChI is InChI=1S/C15H20N2O2/c1-19-13-4-5-14-12(8-13)3-2-6-17(14)15(18)7-11-9-16-10-11/h4-5,8,11,16H,2-3,6-7,9-10H2,1H3. The molecule has 0 bridgehead atoms. The van der Waals surface area contributed by atoms with E-state index in [9.17, 15) is 4.79 Å². The molecule has 2 aliphatic rings. The molecule has 0 spiro atoms. The molecule has 0 radical (unpaired) electrons. The van der Waals surface area contributed by atoms with Gasteiger partial charge in [0.05, 0.1) is 7.11 Å². The molecule has 3 rings (SSSR count). The maximum absolute atomic E-state index is 12.4. The van der Waals surface area contributed by atoms with Crippen LogP contribution in [0.5, 0.6) is 5.75 Å². The Bertz CT molecular complexity index is 483. The van der Waals surface area contributed by atoms with Gasteiger partial charge in [-0.05, 0) is 55.6 Å². The van der Waals surface area contributed by atoms with Gasteiger partial charge in [0.2, 0.25) is 5.91 Å². The zero-order chi connectivity index (χ0) is 13.2. The van der Waals surface area contributed by atoms with Crippen molar-refractivity contribution in [1.82, 2.24) is 5.32 Å². The van der Waals surface area contributed by atoms with Crippen LogP contribution in [-0.2, 0) is 11.2 Å². The van der Waals surface area contributed by atoms with Gasteiger partial charge in [-0.3, -0.25) is 4.79 Å². The van der Waals surface area contributed by atoms with Gasteiger partial charge in [-0.1, -0.05) is 0 Å². The summed E-state index contributed by atoms with van der Waals surface area (Å²) in [7, 11) is 1.68. The van der Waals surface area contributed by atoms with E-state index in [4.69, 9.17) is 4.74 Å². The fourth-order valence-electron chi connectivity index (χ4n) is 2.81. The van der Waals surface area contributed by atoms with Crippen LogP contribution in [0.25, 0.3) is 0 Å². The first kappa shape index (κ1) is 12.5. The number of nitrogens with zero attached hydrogens (tertiary/aromatic N) is 1. The third-order valence-electron chi connectivity index (χ3n) is 4.04. The van der Waals surface area contributed by atoms with Gasteiger partial charge in [0.1, 0.15) is 5.75 Å². The first-order valence-corrected chi connectivity index (χ1v) is 6.96. The van der Waals surface area contributed by atoms with E-state index in [1.54, 1.807) is 7.11 Å². The largest absolute Gasteiger partial charge is 0.497 e. The van der Waals surface area contributed by atoms with Crippen molar-refractivity contribution < 1.29 is 9.53 Å². The molecule has 4 nitrogen and oxygen atoms in total. The molecule has 1 N–H and O–H groups in total. The predicted octanol–water partition coefficient (Wildman–Crippen LogP) is 1.58. The first-order valence-electron chi connectivity index (χ1n) is 6.96. The van der Waals surface area contributed by atoms with E-state index in [-0.39, 0.29) is 5.91 Å². The topological polar surface area (TPSA) is 41.6 Å². The van der Waals surface area contributed by atoms with Crippen LogP contribution >= 0.6 is 0 Å². The van der Waals surface area contributed by atoms with Gasteiger partial charge in [-0.15, -0.1) is 0 Å². The lowest BCUT2D eigenvalue weighted by Gasteiger charge is -2.33. The van der Waals surface area contributed by atoms with E-state index in [2.05, 4.69) is 11.4 Å². The minimum Gasteiger partial charge on any atom is -0.497 e. The van der Waals surface area contributed by atoms with E-state index in [0.29, 0.717) is 12.3 Å². The van der Waals surface area contributed by atoms with Gasteiger partial charge in [-0.2, -0.15) is 0 Å². The highest BCUT2D eigenvalue weighted by molar-refractivity contribution is 5.94. The molecule has 1 saturated heterocycles. The average molecular weight is 260 g/mol. The molecule has 102 valence electrons. The highest BCUT2D eigenvalue weighted by Gasteiger charge is 2.27. The number of anilines is 1. The molecule has 0 saturated carbocycles. The number of aryl methyl sites for hydroxylation is 1. The van der Waals surface area contributed by atoms with Crippen molar-refractivity contribution in [2.45, 2.75) is 19.3 Å². The molecule has 1 amide bonds. The number of fused-ring (bicyclic) bond motifs is 1. The van der Waals surface area contributed by atoms with E-state index >= 15 is 0 Å². The number of nitrogens with one attached hydrogen (secondary N) is 1. The summed E-state index contributed by atoms with van der Waals surface area (Å²) in [5, 5.41) is 3.22. The second kappa shape index (κ2) is 5.21. The number of carbonyl (C=O) groups is 1. The van der Waals surface area contributed by atoms with Gasteiger partial charge in [-0.25, -0.2) is 0 Å². The van der Waals surface area contributed by atoms with Crippen LogP contribution in [0.1, 0.15) is 18.4 Å². The van der Waals surface area contributed by atoms with E-state index in [1.807, 2.05) is 17.0 Å². The molecule has 0 atom stereocenters. The molecular weight excluding hydrogens is 240 g/mol. The number of ether oxygens (including phenoxy) is 1. The lowest BCUT2D eigenvalue weighted by Crippen LogP contribution is -2.46. The number of hydrogen-bond acceptors (Lipinski definition) is 3. The van der Waals surface area contributed by atoms with Gasteiger partial charge in [0, 0.05) is 18.7 Å². The minimum atomic E-state index is 0.262. The molecule has 1 aromatic carbocycles. The van der Waals surface area contributed by atoms with Crippen LogP contribution in [0.2, 0.25) is 0 Å². The zero-order valence-electron chi connectivity index (χ0n) is 11.3. The fourth-order valence-corrected chi connectivity index (χ4v) is 2.81. The highest BCUT2D eigenvalue weighted by atomic mass is 16.5. The quantitative estimate of drug-likeness (QED) is 0.897. The van der Waals surface area contributed by atoms with Crippen molar-refractivity contribution in [3.05, 3.63) is 23.8 Å². The summed E-state index contributed by atoms with van der Waals surface area (Å²) in [6, 6.07) is 6.01. The Morgan fingerprint density at radius 1 is 1.47 bits per heavy atom. The minimum absolute atomic E-state index is 0.262. The molecule has 2 heterocycles. The molecule has 0 unspecified atom stereocenters. The number of rotatable bonds is 3. The molecule has 4 heteroatoms. The molecule has 19 heavy (non-hydrogen) atoms. The Morgan fingerprint density at radius 2 is 2.32 bits per heavy atom. The summed E-state index contributed by atoms with van der Waals surface area (Å²) < 4.78 is 5.26. The smallest absolute Gasteiger partial charge is 0.227 e. The Balaban J connectivity index is 1.79. The Kier molecular flexibility index (Phi) is 3.42. The number of benzene rings is 1. The maximum atomic E-state index is 12.4. The predicted molar refractivity (Wildman–Crippen MR) is 74.6 cm³/mol. The van der Waals surface area contributed by atoms with Gasteiger partial charge >= 0.3 is 0 Å². The summed E-state index contributed by atoms with van der Waals surface area (Å²) in [4.78, 5) is 14.3. The second-order valence-electron chi connectivity index (χ2n) is 5.37. The lowest BCUT2D eigenvalue weighted by atomic mass is 9.96. The summed E-state index contributed by atoms with van der Waals surface area (Å²) in [5.74, 6) is 1.66. The number of amides is 1. The Labute approximate surface area is 113 Å². The first-order chi connectivity index (χ1) is 9.28. The number of carbonyl (C=O) groups excluding carboxylic acids is 1. The molecule has 2 aliphatic heterocycles. The monoisotopic (exact) mass is 260 g/mol. The van der Waals surface area contributed by atoms with Crippen LogP contribution in [0, 0.1) is 5.92 Å². The Hall–Kier alpha value is -1.55. The average Bonchev–Trinajstić information content (AvgIpc) is 2.41. The molecule has 0 aromatic heterocycles. The van der Waals surface area contributed by atoms with Crippen molar-refractivity contribution in [3.8, 4) is 5.75 Å². The molecular formula is C15H20N2O2. The second-order valence-corrected chi connectivity index (χ2v) is 5.37. The van der Waals surface area contributed by atoms with Crippen molar-refractivity contribution in [1.29, 1.82) is 0 Å². The molecule has 0 aliphatic carbocycles. The summed E-state index contributed by atoms with van der Waals surface area (Å²) in [6.45, 7) is 2.81. The summed E-state index contributed by atoms with van der Waals surface area (Å²) in [6.07, 6.45) is 2.73. The van der Waals surface area contributed by atoms with Crippen molar-refractivity contribution >= 4 is 11.6 Å². The fraction of sp³-hybridized carbons (Fsp3) is 0.533. The molecule has 1 aromatic rings. The maximum Gasteiger partial charge on any atom is 0.227 e.